The molecule has 2 aromatic carbocycles. The van der Waals surface area contributed by atoms with Gasteiger partial charge in [-0.2, -0.15) is 5.10 Å². The highest BCUT2D eigenvalue weighted by molar-refractivity contribution is 5.97. The number of hydrogen-bond acceptors (Lipinski definition) is 4. The first kappa shape index (κ1) is 16.2. The van der Waals surface area contributed by atoms with Crippen LogP contribution in [0.2, 0.25) is 0 Å². The Hall–Kier alpha value is -3.28. The predicted molar refractivity (Wildman–Crippen MR) is 98.6 cm³/mol. The molecule has 6 heteroatoms. The number of anilines is 1. The van der Waals surface area contributed by atoms with Crippen LogP contribution in [0.4, 0.5) is 5.82 Å². The summed E-state index contributed by atoms with van der Waals surface area (Å²) in [4.78, 5) is 12.5. The average molecular weight is 349 g/mol. The van der Waals surface area contributed by atoms with E-state index in [0.717, 1.165) is 23.2 Å². The van der Waals surface area contributed by atoms with Crippen molar-refractivity contribution in [2.24, 2.45) is 0 Å². The lowest BCUT2D eigenvalue weighted by Gasteiger charge is -2.28. The van der Waals surface area contributed by atoms with Gasteiger partial charge in [-0.05, 0) is 35.7 Å². The fraction of sp³-hybridized carbons (Fsp3) is 0.200. The third-order valence-corrected chi connectivity index (χ3v) is 4.69. The molecule has 0 saturated heterocycles. The number of nitrogens with one attached hydrogen (secondary N) is 2. The second kappa shape index (κ2) is 6.55. The number of aromatic nitrogens is 2. The summed E-state index contributed by atoms with van der Waals surface area (Å²) in [6, 6.07) is 15.4. The van der Waals surface area contributed by atoms with Crippen molar-refractivity contribution in [3.05, 3.63) is 59.7 Å². The van der Waals surface area contributed by atoms with Crippen molar-refractivity contribution in [3.63, 3.8) is 0 Å². The molecular weight excluding hydrogens is 330 g/mol. The first-order valence-corrected chi connectivity index (χ1v) is 8.36. The number of methoxy groups -OCH3 is 2. The van der Waals surface area contributed by atoms with Crippen molar-refractivity contribution >= 4 is 11.7 Å². The van der Waals surface area contributed by atoms with Gasteiger partial charge in [0.25, 0.3) is 0 Å². The minimum Gasteiger partial charge on any atom is -0.493 e. The van der Waals surface area contributed by atoms with Crippen molar-refractivity contribution < 1.29 is 14.3 Å². The van der Waals surface area contributed by atoms with Gasteiger partial charge in [-0.15, -0.1) is 0 Å². The molecule has 0 radical (unpaired) electrons. The Labute approximate surface area is 151 Å². The SMILES string of the molecule is COc1ccc(-c2cc(NC(=O)C3Cc4ccccc43)n[nH]2)cc1OC. The molecule has 1 aliphatic carbocycles. The van der Waals surface area contributed by atoms with Crippen LogP contribution in [0.5, 0.6) is 11.5 Å². The second-order valence-electron chi connectivity index (χ2n) is 6.18. The highest BCUT2D eigenvalue weighted by atomic mass is 16.5. The quantitative estimate of drug-likeness (QED) is 0.740. The minimum atomic E-state index is -0.104. The Morgan fingerprint density at radius 1 is 1.12 bits per heavy atom. The van der Waals surface area contributed by atoms with E-state index in [1.807, 2.05) is 42.5 Å². The summed E-state index contributed by atoms with van der Waals surface area (Å²) in [5.74, 6) is 1.66. The van der Waals surface area contributed by atoms with Gasteiger partial charge < -0.3 is 14.8 Å². The van der Waals surface area contributed by atoms with E-state index in [1.165, 1.54) is 5.56 Å². The van der Waals surface area contributed by atoms with E-state index in [4.69, 9.17) is 9.47 Å². The van der Waals surface area contributed by atoms with Crippen molar-refractivity contribution in [1.82, 2.24) is 10.2 Å². The summed E-state index contributed by atoms with van der Waals surface area (Å²) in [6.45, 7) is 0. The highest BCUT2D eigenvalue weighted by Gasteiger charge is 2.32. The molecule has 2 N–H and O–H groups in total. The molecule has 26 heavy (non-hydrogen) atoms. The number of H-pyrrole nitrogens is 1. The second-order valence-corrected chi connectivity index (χ2v) is 6.18. The molecule has 1 heterocycles. The molecule has 0 spiro atoms. The number of rotatable bonds is 5. The Kier molecular flexibility index (Phi) is 4.08. The molecule has 0 bridgehead atoms. The maximum absolute atomic E-state index is 12.5. The molecule has 1 aliphatic rings. The zero-order valence-electron chi connectivity index (χ0n) is 14.6. The molecule has 0 saturated carbocycles. The summed E-state index contributed by atoms with van der Waals surface area (Å²) >= 11 is 0. The average Bonchev–Trinajstić information content (AvgIpc) is 3.10. The van der Waals surface area contributed by atoms with E-state index in [9.17, 15) is 4.79 Å². The molecule has 4 rings (SSSR count). The zero-order chi connectivity index (χ0) is 18.1. The van der Waals surface area contributed by atoms with Crippen molar-refractivity contribution in [3.8, 4) is 22.8 Å². The van der Waals surface area contributed by atoms with Gasteiger partial charge in [0.15, 0.2) is 17.3 Å². The normalized spacial score (nSPS) is 14.9. The van der Waals surface area contributed by atoms with Crippen LogP contribution in [0.15, 0.2) is 48.5 Å². The molecule has 1 atom stereocenters. The lowest BCUT2D eigenvalue weighted by atomic mass is 9.77. The standard InChI is InChI=1S/C20H19N3O3/c1-25-17-8-7-13(10-18(17)26-2)16-11-19(23-22-16)21-20(24)15-9-12-5-3-4-6-14(12)15/h3-8,10-11,15H,9H2,1-2H3,(H2,21,22,23,24). The predicted octanol–water partition coefficient (Wildman–Crippen LogP) is 3.37. The molecule has 0 aliphatic heterocycles. The number of hydrogen-bond donors (Lipinski definition) is 2. The van der Waals surface area contributed by atoms with Crippen LogP contribution >= 0.6 is 0 Å². The number of carbonyl (C=O) groups is 1. The number of carbonyl (C=O) groups excluding carboxylic acids is 1. The first-order valence-electron chi connectivity index (χ1n) is 8.36. The van der Waals surface area contributed by atoms with Crippen molar-refractivity contribution in [2.45, 2.75) is 12.3 Å². The molecule has 6 nitrogen and oxygen atoms in total. The Morgan fingerprint density at radius 3 is 2.69 bits per heavy atom. The lowest BCUT2D eigenvalue weighted by Crippen LogP contribution is -2.30. The van der Waals surface area contributed by atoms with E-state index >= 15 is 0 Å². The number of amides is 1. The first-order chi connectivity index (χ1) is 12.7. The lowest BCUT2D eigenvalue weighted by molar-refractivity contribution is -0.118. The Bertz CT molecular complexity index is 964. The molecule has 0 fully saturated rings. The van der Waals surface area contributed by atoms with Gasteiger partial charge in [0.2, 0.25) is 5.91 Å². The van der Waals surface area contributed by atoms with Gasteiger partial charge in [0.05, 0.1) is 25.8 Å². The van der Waals surface area contributed by atoms with Crippen LogP contribution < -0.4 is 14.8 Å². The van der Waals surface area contributed by atoms with Gasteiger partial charge in [-0.3, -0.25) is 9.89 Å². The molecule has 1 amide bonds. The molecule has 1 unspecified atom stereocenters. The smallest absolute Gasteiger partial charge is 0.233 e. The summed E-state index contributed by atoms with van der Waals surface area (Å²) in [7, 11) is 3.19. The van der Waals surface area contributed by atoms with Crippen molar-refractivity contribution in [2.75, 3.05) is 19.5 Å². The topological polar surface area (TPSA) is 76.2 Å². The van der Waals surface area contributed by atoms with Crippen LogP contribution in [0.25, 0.3) is 11.3 Å². The number of nitrogens with zero attached hydrogens (tertiary/aromatic N) is 1. The molecular formula is C20H19N3O3. The number of benzene rings is 2. The third kappa shape index (κ3) is 2.79. The van der Waals surface area contributed by atoms with Gasteiger partial charge in [0, 0.05) is 11.6 Å². The fourth-order valence-electron chi connectivity index (χ4n) is 3.24. The zero-order valence-corrected chi connectivity index (χ0v) is 14.6. The van der Waals surface area contributed by atoms with E-state index < -0.39 is 0 Å². The summed E-state index contributed by atoms with van der Waals surface area (Å²) in [6.07, 6.45) is 0.773. The van der Waals surface area contributed by atoms with Crippen LogP contribution in [0, 0.1) is 0 Å². The maximum atomic E-state index is 12.5. The van der Waals surface area contributed by atoms with Gasteiger partial charge in [0.1, 0.15) is 0 Å². The van der Waals surface area contributed by atoms with Crippen LogP contribution in [0.3, 0.4) is 0 Å². The number of aromatic amines is 1. The highest BCUT2D eigenvalue weighted by Crippen LogP contribution is 2.36. The monoisotopic (exact) mass is 349 g/mol. The molecule has 132 valence electrons. The summed E-state index contributed by atoms with van der Waals surface area (Å²) < 4.78 is 10.6. The third-order valence-electron chi connectivity index (χ3n) is 4.69. The largest absolute Gasteiger partial charge is 0.493 e. The summed E-state index contributed by atoms with van der Waals surface area (Å²) in [5.41, 5.74) is 4.02. The Morgan fingerprint density at radius 2 is 1.92 bits per heavy atom. The fourth-order valence-corrected chi connectivity index (χ4v) is 3.24. The van der Waals surface area contributed by atoms with Gasteiger partial charge in [-0.1, -0.05) is 24.3 Å². The van der Waals surface area contributed by atoms with E-state index in [2.05, 4.69) is 21.6 Å². The number of ether oxygens (including phenoxy) is 2. The van der Waals surface area contributed by atoms with Crippen LogP contribution in [-0.2, 0) is 11.2 Å². The van der Waals surface area contributed by atoms with E-state index in [-0.39, 0.29) is 11.8 Å². The van der Waals surface area contributed by atoms with E-state index in [0.29, 0.717) is 17.3 Å². The molecule has 3 aromatic rings. The van der Waals surface area contributed by atoms with Crippen LogP contribution in [0.1, 0.15) is 17.0 Å². The molecule has 1 aromatic heterocycles. The van der Waals surface area contributed by atoms with Gasteiger partial charge >= 0.3 is 0 Å². The van der Waals surface area contributed by atoms with Crippen LogP contribution in [-0.4, -0.2) is 30.3 Å². The van der Waals surface area contributed by atoms with Gasteiger partial charge in [-0.25, -0.2) is 0 Å². The van der Waals surface area contributed by atoms with E-state index in [1.54, 1.807) is 14.2 Å². The van der Waals surface area contributed by atoms with Crippen molar-refractivity contribution in [1.29, 1.82) is 0 Å². The number of fused-ring (bicyclic) bond motifs is 1. The summed E-state index contributed by atoms with van der Waals surface area (Å²) in [5, 5.41) is 10.0. The minimum absolute atomic E-state index is 0.0333. The maximum Gasteiger partial charge on any atom is 0.233 e. The Balaban J connectivity index is 1.50.